The lowest BCUT2D eigenvalue weighted by Crippen LogP contribution is -2.48. The van der Waals surface area contributed by atoms with Gasteiger partial charge in [-0.05, 0) is 87.4 Å². The van der Waals surface area contributed by atoms with E-state index in [9.17, 15) is 9.59 Å². The lowest BCUT2D eigenvalue weighted by molar-refractivity contribution is -0.116. The van der Waals surface area contributed by atoms with Crippen molar-refractivity contribution in [2.24, 2.45) is 0 Å². The largest absolute Gasteiger partial charge is 0.496 e. The Kier molecular flexibility index (Phi) is 14.1. The number of carbonyl (C=O) groups excluding carboxylic acids is 2. The molecule has 0 N–H and O–H groups in total. The van der Waals surface area contributed by atoms with Crippen LogP contribution in [-0.2, 0) is 37.0 Å². The maximum absolute atomic E-state index is 13.3. The normalized spacial score (nSPS) is 17.6. The number of hydrogen-bond donors (Lipinski definition) is 0. The number of thioether (sulfide) groups is 1. The predicted molar refractivity (Wildman–Crippen MR) is 199 cm³/mol. The van der Waals surface area contributed by atoms with Crippen molar-refractivity contribution in [1.82, 2.24) is 4.90 Å². The predicted octanol–water partition coefficient (Wildman–Crippen LogP) is 7.81. The summed E-state index contributed by atoms with van der Waals surface area (Å²) in [6, 6.07) is 22.2. The zero-order valence-electron chi connectivity index (χ0n) is 30.6. The first-order valence-corrected chi connectivity index (χ1v) is 18.7. The number of benzene rings is 3. The smallest absolute Gasteiger partial charge is 0.412 e. The van der Waals surface area contributed by atoms with Crippen LogP contribution in [0, 0.1) is 0 Å². The summed E-state index contributed by atoms with van der Waals surface area (Å²) in [5, 5.41) is 0. The molecule has 2 unspecified atom stereocenters. The molecule has 2 amide bonds. The van der Waals surface area contributed by atoms with Crippen molar-refractivity contribution in [2.75, 3.05) is 57.8 Å². The number of fused-ring (bicyclic) bond motifs is 1. The number of nitrogens with zero attached hydrogens (tertiary/aromatic N) is 2. The van der Waals surface area contributed by atoms with Crippen LogP contribution in [0.25, 0.3) is 0 Å². The highest BCUT2D eigenvalue weighted by Gasteiger charge is 2.36. The molecule has 2 atom stereocenters. The van der Waals surface area contributed by atoms with E-state index >= 15 is 0 Å². The molecule has 3 aromatic rings. The van der Waals surface area contributed by atoms with Gasteiger partial charge in [-0.1, -0.05) is 36.4 Å². The molecule has 2 aliphatic rings. The first kappa shape index (κ1) is 38.5. The molecule has 2 aliphatic heterocycles. The lowest BCUT2D eigenvalue weighted by Gasteiger charge is -2.40. The van der Waals surface area contributed by atoms with Crippen molar-refractivity contribution in [2.45, 2.75) is 82.3 Å². The summed E-state index contributed by atoms with van der Waals surface area (Å²) in [6.45, 7) is 9.26. The Morgan fingerprint density at radius 3 is 2.51 bits per heavy atom. The number of hydrogen-bond acceptors (Lipinski definition) is 9. The first-order chi connectivity index (χ1) is 24.6. The summed E-state index contributed by atoms with van der Waals surface area (Å²) in [5.74, 6) is 2.36. The number of methoxy groups -OCH3 is 2. The molecule has 0 aliphatic carbocycles. The third-order valence-corrected chi connectivity index (χ3v) is 9.87. The Morgan fingerprint density at radius 2 is 1.75 bits per heavy atom. The minimum Gasteiger partial charge on any atom is -0.496 e. The van der Waals surface area contributed by atoms with Crippen LogP contribution in [-0.4, -0.2) is 81.6 Å². The van der Waals surface area contributed by atoms with Crippen LogP contribution in [0.2, 0.25) is 0 Å². The van der Waals surface area contributed by atoms with Crippen molar-refractivity contribution in [3.05, 3.63) is 83.4 Å². The van der Waals surface area contributed by atoms with Crippen LogP contribution >= 0.6 is 11.8 Å². The fourth-order valence-corrected chi connectivity index (χ4v) is 7.17. The summed E-state index contributed by atoms with van der Waals surface area (Å²) in [6.07, 6.45) is 2.09. The number of anilines is 1. The van der Waals surface area contributed by atoms with Crippen LogP contribution < -0.4 is 14.4 Å². The third-order valence-electron chi connectivity index (χ3n) is 8.82. The Hall–Kier alpha value is -3.77. The van der Waals surface area contributed by atoms with Gasteiger partial charge < -0.3 is 33.3 Å². The van der Waals surface area contributed by atoms with E-state index in [1.54, 1.807) is 30.9 Å². The van der Waals surface area contributed by atoms with Crippen LogP contribution in [0.1, 0.15) is 69.1 Å². The molecule has 0 spiro atoms. The molecule has 1 saturated heterocycles. The van der Waals surface area contributed by atoms with E-state index in [2.05, 4.69) is 18.2 Å². The van der Waals surface area contributed by atoms with E-state index in [4.69, 9.17) is 28.4 Å². The minimum absolute atomic E-state index is 0.0959. The zero-order valence-corrected chi connectivity index (χ0v) is 31.4. The second kappa shape index (κ2) is 18.6. The Morgan fingerprint density at radius 1 is 0.941 bits per heavy atom. The minimum atomic E-state index is -0.620. The monoisotopic (exact) mass is 720 g/mol. The van der Waals surface area contributed by atoms with Crippen LogP contribution in [0.5, 0.6) is 11.5 Å². The summed E-state index contributed by atoms with van der Waals surface area (Å²) in [7, 11) is 3.33. The average Bonchev–Trinajstić information content (AvgIpc) is 3.12. The van der Waals surface area contributed by atoms with Crippen LogP contribution in [0.15, 0.2) is 71.6 Å². The standard InChI is InChI=1S/C40H52N2O8S/c1-40(2,3)50-39(44)42-20-18-31(30-13-15-33(16-14-30)48-23-9-22-47-27-32-10-6-7-11-35(32)46-5)25-38(42)49-26-29-12-17-36-34(24-29)41(19-8-21-45-4)37(43)28-51-36/h6-7,10-17,24,31,38H,8-9,18-23,25-28H2,1-5H3. The van der Waals surface area contributed by atoms with Gasteiger partial charge in [0.15, 0.2) is 0 Å². The number of ether oxygens (including phenoxy) is 6. The Labute approximate surface area is 306 Å². The Bertz CT molecular complexity index is 1580. The molecule has 3 aromatic carbocycles. The SMILES string of the molecule is COCCCN1C(=O)CSc2ccc(COC3CC(c4ccc(OCCCOCc5ccccc5OC)cc4)CCN3C(=O)OC(C)(C)C)cc21. The van der Waals surface area contributed by atoms with Crippen molar-refractivity contribution >= 4 is 29.4 Å². The van der Waals surface area contributed by atoms with Crippen molar-refractivity contribution in [3.63, 3.8) is 0 Å². The molecule has 0 saturated carbocycles. The maximum Gasteiger partial charge on any atom is 0.412 e. The number of para-hydroxylation sites is 1. The average molecular weight is 721 g/mol. The fraction of sp³-hybridized carbons (Fsp3) is 0.500. The van der Waals surface area contributed by atoms with E-state index in [0.29, 0.717) is 58.3 Å². The van der Waals surface area contributed by atoms with Gasteiger partial charge in [0, 0.05) is 43.7 Å². The molecule has 5 rings (SSSR count). The fourth-order valence-electron chi connectivity index (χ4n) is 6.25. The van der Waals surface area contributed by atoms with Gasteiger partial charge >= 0.3 is 6.09 Å². The first-order valence-electron chi connectivity index (χ1n) is 17.7. The highest BCUT2D eigenvalue weighted by Crippen LogP contribution is 2.38. The summed E-state index contributed by atoms with van der Waals surface area (Å²) < 4.78 is 34.7. The van der Waals surface area contributed by atoms with E-state index in [0.717, 1.165) is 52.5 Å². The quantitative estimate of drug-likeness (QED) is 0.137. The maximum atomic E-state index is 13.3. The second-order valence-electron chi connectivity index (χ2n) is 13.8. The molecular weight excluding hydrogens is 669 g/mol. The van der Waals surface area contributed by atoms with Gasteiger partial charge in [-0.3, -0.25) is 9.69 Å². The van der Waals surface area contributed by atoms with E-state index in [1.807, 2.05) is 74.2 Å². The molecule has 51 heavy (non-hydrogen) atoms. The molecule has 10 nitrogen and oxygen atoms in total. The summed E-state index contributed by atoms with van der Waals surface area (Å²) >= 11 is 1.56. The number of amides is 2. The molecule has 276 valence electrons. The lowest BCUT2D eigenvalue weighted by atomic mass is 9.88. The Balaban J connectivity index is 1.17. The third kappa shape index (κ3) is 11.1. The van der Waals surface area contributed by atoms with Crippen LogP contribution in [0.3, 0.4) is 0 Å². The van der Waals surface area contributed by atoms with Crippen LogP contribution in [0.4, 0.5) is 10.5 Å². The zero-order chi connectivity index (χ0) is 36.2. The molecule has 0 bridgehead atoms. The van der Waals surface area contributed by atoms with Crippen molar-refractivity contribution < 1.29 is 38.0 Å². The van der Waals surface area contributed by atoms with Gasteiger partial charge in [-0.25, -0.2) is 4.79 Å². The molecule has 0 radical (unpaired) electrons. The van der Waals surface area contributed by atoms with Gasteiger partial charge in [-0.15, -0.1) is 11.8 Å². The molecule has 0 aromatic heterocycles. The van der Waals surface area contributed by atoms with Gasteiger partial charge in [0.05, 0.1) is 45.0 Å². The second-order valence-corrected chi connectivity index (χ2v) is 14.8. The molecule has 2 heterocycles. The highest BCUT2D eigenvalue weighted by molar-refractivity contribution is 8.00. The van der Waals surface area contributed by atoms with Gasteiger partial charge in [0.2, 0.25) is 5.91 Å². The molecular formula is C40H52N2O8S. The summed E-state index contributed by atoms with van der Waals surface area (Å²) in [4.78, 5) is 30.8. The van der Waals surface area contributed by atoms with Gasteiger partial charge in [0.1, 0.15) is 23.3 Å². The number of carbonyl (C=O) groups is 2. The van der Waals surface area contributed by atoms with Crippen molar-refractivity contribution in [3.8, 4) is 11.5 Å². The topological polar surface area (TPSA) is 96.0 Å². The highest BCUT2D eigenvalue weighted by atomic mass is 32.2. The molecule has 1 fully saturated rings. The van der Waals surface area contributed by atoms with Crippen molar-refractivity contribution in [1.29, 1.82) is 0 Å². The number of rotatable bonds is 16. The number of piperidine rings is 1. The van der Waals surface area contributed by atoms with E-state index in [1.165, 1.54) is 5.56 Å². The van der Waals surface area contributed by atoms with Gasteiger partial charge in [-0.2, -0.15) is 0 Å². The van der Waals surface area contributed by atoms with E-state index in [-0.39, 0.29) is 17.9 Å². The molecule has 11 heteroatoms. The summed E-state index contributed by atoms with van der Waals surface area (Å²) in [5.41, 5.74) is 3.43. The van der Waals surface area contributed by atoms with Gasteiger partial charge in [0.25, 0.3) is 0 Å². The number of likely N-dealkylation sites (tertiary alicyclic amines) is 1. The van der Waals surface area contributed by atoms with E-state index < -0.39 is 11.8 Å².